The van der Waals surface area contributed by atoms with E-state index in [1.54, 1.807) is 30.3 Å². The van der Waals surface area contributed by atoms with E-state index in [-0.39, 0.29) is 6.42 Å². The van der Waals surface area contributed by atoms with E-state index in [4.69, 9.17) is 11.6 Å². The van der Waals surface area contributed by atoms with Gasteiger partial charge in [0.05, 0.1) is 11.3 Å². The van der Waals surface area contributed by atoms with Crippen LogP contribution in [0.1, 0.15) is 5.56 Å². The quantitative estimate of drug-likeness (QED) is 0.344. The molecule has 0 aliphatic rings. The molecule has 0 amide bonds. The third-order valence-corrected chi connectivity index (χ3v) is 1.81. The van der Waals surface area contributed by atoms with Crippen molar-refractivity contribution < 1.29 is 14.5 Å². The van der Waals surface area contributed by atoms with Crippen molar-refractivity contribution in [3.8, 4) is 0 Å². The maximum Gasteiger partial charge on any atom is 0.408 e. The summed E-state index contributed by atoms with van der Waals surface area (Å²) in [5.41, 5.74) is -0.468. The van der Waals surface area contributed by atoms with Crippen molar-refractivity contribution in [2.75, 3.05) is 0 Å². The Kier molecular flexibility index (Phi) is 4.05. The van der Waals surface area contributed by atoms with E-state index in [2.05, 4.69) is 4.74 Å². The van der Waals surface area contributed by atoms with Gasteiger partial charge in [-0.3, -0.25) is 10.1 Å². The maximum atomic E-state index is 10.5. The Balaban J connectivity index is 2.67. The number of ether oxygens (including phenoxy) is 1. The predicted molar refractivity (Wildman–Crippen MR) is 53.3 cm³/mol. The van der Waals surface area contributed by atoms with Gasteiger partial charge in [-0.2, -0.15) is 0 Å². The number of carbonyl (C=O) groups excluding carboxylic acids is 1. The molecule has 0 heterocycles. The highest BCUT2D eigenvalue weighted by atomic mass is 35.5. The number of rotatable bonds is 4. The summed E-state index contributed by atoms with van der Waals surface area (Å²) in [6.07, 6.45) is -1.43. The van der Waals surface area contributed by atoms with Crippen molar-refractivity contribution in [1.29, 1.82) is 0 Å². The lowest BCUT2D eigenvalue weighted by molar-refractivity contribution is -0.565. The molecule has 1 aromatic rings. The number of nitro groups is 1. The van der Waals surface area contributed by atoms with Crippen molar-refractivity contribution in [1.82, 2.24) is 0 Å². The number of halogens is 1. The van der Waals surface area contributed by atoms with Crippen LogP contribution in [0.5, 0.6) is 0 Å². The lowest BCUT2D eigenvalue weighted by Gasteiger charge is -2.07. The Bertz CT molecular complexity index is 354. The van der Waals surface area contributed by atoms with E-state index in [0.717, 1.165) is 0 Å². The SMILES string of the molecule is O=C(Cl)OC(Cc1ccccc1)[N+](=O)[O-]. The van der Waals surface area contributed by atoms with Gasteiger partial charge in [-0.25, -0.2) is 4.79 Å². The topological polar surface area (TPSA) is 69.4 Å². The maximum absolute atomic E-state index is 10.5. The molecule has 0 saturated heterocycles. The summed E-state index contributed by atoms with van der Waals surface area (Å²) in [7, 11) is 0. The standard InChI is InChI=1S/C9H8ClNO4/c10-9(12)15-8(11(13)14)6-7-4-2-1-3-5-7/h1-5,8H,6H2. The Hall–Kier alpha value is -1.62. The van der Waals surface area contributed by atoms with Crippen molar-refractivity contribution in [3.63, 3.8) is 0 Å². The third kappa shape index (κ3) is 3.95. The summed E-state index contributed by atoms with van der Waals surface area (Å²) in [5, 5.41) is 10.5. The van der Waals surface area contributed by atoms with Gasteiger partial charge in [0, 0.05) is 11.6 Å². The Labute approximate surface area is 90.8 Å². The first-order chi connectivity index (χ1) is 7.09. The molecule has 0 spiro atoms. The van der Waals surface area contributed by atoms with E-state index in [0.29, 0.717) is 5.56 Å². The van der Waals surface area contributed by atoms with E-state index in [1.807, 2.05) is 0 Å². The highest BCUT2D eigenvalue weighted by Crippen LogP contribution is 2.08. The monoisotopic (exact) mass is 229 g/mol. The molecule has 1 unspecified atom stereocenters. The van der Waals surface area contributed by atoms with Gasteiger partial charge in [0.15, 0.2) is 0 Å². The lowest BCUT2D eigenvalue weighted by atomic mass is 10.1. The molecule has 0 radical (unpaired) electrons. The zero-order valence-electron chi connectivity index (χ0n) is 7.63. The first kappa shape index (κ1) is 11.5. The van der Waals surface area contributed by atoms with E-state index in [9.17, 15) is 14.9 Å². The number of carbonyl (C=O) groups is 1. The number of benzene rings is 1. The first-order valence-corrected chi connectivity index (χ1v) is 4.51. The third-order valence-electron chi connectivity index (χ3n) is 1.72. The molecular formula is C9H8ClNO4. The molecule has 0 saturated carbocycles. The molecule has 80 valence electrons. The second kappa shape index (κ2) is 5.31. The zero-order chi connectivity index (χ0) is 11.3. The van der Waals surface area contributed by atoms with Gasteiger partial charge >= 0.3 is 11.7 Å². The van der Waals surface area contributed by atoms with E-state index in [1.165, 1.54) is 0 Å². The summed E-state index contributed by atoms with van der Waals surface area (Å²) in [6, 6.07) is 8.69. The van der Waals surface area contributed by atoms with Gasteiger partial charge in [-0.15, -0.1) is 0 Å². The Morgan fingerprint density at radius 3 is 2.53 bits per heavy atom. The molecule has 0 aromatic heterocycles. The molecule has 15 heavy (non-hydrogen) atoms. The Morgan fingerprint density at radius 1 is 1.47 bits per heavy atom. The molecule has 0 aliphatic carbocycles. The van der Waals surface area contributed by atoms with E-state index < -0.39 is 16.6 Å². The Morgan fingerprint density at radius 2 is 2.07 bits per heavy atom. The number of hydrogen-bond donors (Lipinski definition) is 0. The number of nitrogens with zero attached hydrogens (tertiary/aromatic N) is 1. The van der Waals surface area contributed by atoms with Crippen LogP contribution in [0.2, 0.25) is 0 Å². The minimum absolute atomic E-state index is 0.00625. The molecule has 1 aromatic carbocycles. The average molecular weight is 230 g/mol. The second-order valence-electron chi connectivity index (χ2n) is 2.79. The van der Waals surface area contributed by atoms with Crippen molar-refractivity contribution in [2.45, 2.75) is 12.6 Å². The van der Waals surface area contributed by atoms with Crippen LogP contribution in [0.3, 0.4) is 0 Å². The minimum atomic E-state index is -1.43. The summed E-state index contributed by atoms with van der Waals surface area (Å²) < 4.78 is 4.34. The minimum Gasteiger partial charge on any atom is -0.385 e. The van der Waals surface area contributed by atoms with Crippen molar-refractivity contribution >= 4 is 17.0 Å². The van der Waals surface area contributed by atoms with Crippen molar-refractivity contribution in [2.24, 2.45) is 0 Å². The van der Waals surface area contributed by atoms with Gasteiger partial charge in [-0.1, -0.05) is 30.3 Å². The van der Waals surface area contributed by atoms with Crippen LogP contribution in [0.4, 0.5) is 4.79 Å². The number of hydrogen-bond acceptors (Lipinski definition) is 4. The van der Waals surface area contributed by atoms with Crippen LogP contribution in [0.15, 0.2) is 30.3 Å². The smallest absolute Gasteiger partial charge is 0.385 e. The molecule has 1 atom stereocenters. The summed E-state index contributed by atoms with van der Waals surface area (Å²) in [5.74, 6) is 0. The molecule has 5 nitrogen and oxygen atoms in total. The highest BCUT2D eigenvalue weighted by molar-refractivity contribution is 6.61. The van der Waals surface area contributed by atoms with E-state index >= 15 is 0 Å². The molecular weight excluding hydrogens is 222 g/mol. The second-order valence-corrected chi connectivity index (χ2v) is 3.09. The fourth-order valence-electron chi connectivity index (χ4n) is 1.08. The molecule has 0 fully saturated rings. The zero-order valence-corrected chi connectivity index (χ0v) is 8.39. The summed E-state index contributed by atoms with van der Waals surface area (Å²) in [4.78, 5) is 20.2. The molecule has 0 bridgehead atoms. The fourth-order valence-corrected chi connectivity index (χ4v) is 1.18. The lowest BCUT2D eigenvalue weighted by Crippen LogP contribution is -2.26. The van der Waals surface area contributed by atoms with Gasteiger partial charge in [-0.05, 0) is 5.56 Å². The van der Waals surface area contributed by atoms with Gasteiger partial charge < -0.3 is 4.74 Å². The van der Waals surface area contributed by atoms with Crippen molar-refractivity contribution in [3.05, 3.63) is 46.0 Å². The van der Waals surface area contributed by atoms with Crippen LogP contribution in [0.25, 0.3) is 0 Å². The summed E-state index contributed by atoms with van der Waals surface area (Å²) >= 11 is 4.92. The molecule has 1 rings (SSSR count). The van der Waals surface area contributed by atoms with Crippen LogP contribution in [-0.4, -0.2) is 16.6 Å². The van der Waals surface area contributed by atoms with Gasteiger partial charge in [0.1, 0.15) is 0 Å². The van der Waals surface area contributed by atoms with Crippen LogP contribution >= 0.6 is 11.6 Å². The molecule has 0 N–H and O–H groups in total. The molecule has 0 aliphatic heterocycles. The predicted octanol–water partition coefficient (Wildman–Crippen LogP) is 2.21. The average Bonchev–Trinajstić information content (AvgIpc) is 2.17. The fraction of sp³-hybridized carbons (Fsp3) is 0.222. The van der Waals surface area contributed by atoms with Crippen LogP contribution in [-0.2, 0) is 11.2 Å². The van der Waals surface area contributed by atoms with Gasteiger partial charge in [0.2, 0.25) is 0 Å². The highest BCUT2D eigenvalue weighted by Gasteiger charge is 2.24. The van der Waals surface area contributed by atoms with Crippen LogP contribution < -0.4 is 0 Å². The van der Waals surface area contributed by atoms with Crippen LogP contribution in [0, 0.1) is 10.1 Å². The first-order valence-electron chi connectivity index (χ1n) is 4.13. The largest absolute Gasteiger partial charge is 0.408 e. The normalized spacial score (nSPS) is 11.8. The summed E-state index contributed by atoms with van der Waals surface area (Å²) in [6.45, 7) is 0. The van der Waals surface area contributed by atoms with Gasteiger partial charge in [0.25, 0.3) is 0 Å². The molecule has 6 heteroatoms.